The molecule has 0 amide bonds. The number of phenolic OH excluding ortho intramolecular Hbond substituents is 1. The minimum atomic E-state index is 0.0331. The number of ether oxygens (including phenoxy) is 1. The minimum Gasteiger partial charge on any atom is -0.507 e. The largest absolute Gasteiger partial charge is 0.507 e. The molecule has 37 heavy (non-hydrogen) atoms. The predicted octanol–water partition coefficient (Wildman–Crippen LogP) is 5.13. The summed E-state index contributed by atoms with van der Waals surface area (Å²) in [5, 5.41) is 35.0. The third kappa shape index (κ3) is 6.24. The molecule has 2 fully saturated rings. The van der Waals surface area contributed by atoms with Gasteiger partial charge in [0.15, 0.2) is 5.82 Å². The van der Waals surface area contributed by atoms with E-state index in [2.05, 4.69) is 60.5 Å². The Kier molecular flexibility index (Phi) is 7.78. The SMILES string of the molecule is COc1cc(/C(C=N)=C/NC2CCCC2)cc(O)c1-c1ccc(N(C)C2CC(C)(C)NC(C)(C)C2)nn1. The summed E-state index contributed by atoms with van der Waals surface area (Å²) in [6, 6.07) is 8.10. The van der Waals surface area contributed by atoms with Crippen molar-refractivity contribution in [2.45, 2.75) is 89.4 Å². The molecule has 4 rings (SSSR count). The first-order chi connectivity index (χ1) is 17.5. The molecular formula is C29H42N6O2. The number of aromatic hydroxyl groups is 1. The summed E-state index contributed by atoms with van der Waals surface area (Å²) in [5.41, 5.74) is 2.48. The number of nitrogens with zero attached hydrogens (tertiary/aromatic N) is 3. The highest BCUT2D eigenvalue weighted by Gasteiger charge is 2.39. The van der Waals surface area contributed by atoms with E-state index in [9.17, 15) is 5.11 Å². The van der Waals surface area contributed by atoms with Gasteiger partial charge in [-0.2, -0.15) is 0 Å². The van der Waals surface area contributed by atoms with Crippen LogP contribution in [0.5, 0.6) is 11.5 Å². The summed E-state index contributed by atoms with van der Waals surface area (Å²) in [6.07, 6.45) is 9.93. The molecule has 200 valence electrons. The number of hydrogen-bond acceptors (Lipinski definition) is 8. The number of hydrogen-bond donors (Lipinski definition) is 4. The Labute approximate surface area is 221 Å². The molecular weight excluding hydrogens is 464 g/mol. The van der Waals surface area contributed by atoms with Gasteiger partial charge in [-0.3, -0.25) is 0 Å². The van der Waals surface area contributed by atoms with E-state index in [-0.39, 0.29) is 16.8 Å². The smallest absolute Gasteiger partial charge is 0.151 e. The van der Waals surface area contributed by atoms with E-state index in [4.69, 9.17) is 10.1 Å². The van der Waals surface area contributed by atoms with E-state index in [1.165, 1.54) is 19.1 Å². The molecule has 1 aliphatic heterocycles. The van der Waals surface area contributed by atoms with Gasteiger partial charge in [0.1, 0.15) is 17.2 Å². The zero-order valence-corrected chi connectivity index (χ0v) is 23.1. The lowest BCUT2D eigenvalue weighted by molar-refractivity contribution is 0.160. The Morgan fingerprint density at radius 3 is 2.38 bits per heavy atom. The van der Waals surface area contributed by atoms with Gasteiger partial charge in [-0.15, -0.1) is 10.2 Å². The Morgan fingerprint density at radius 2 is 1.81 bits per heavy atom. The summed E-state index contributed by atoms with van der Waals surface area (Å²) in [7, 11) is 3.65. The van der Waals surface area contributed by atoms with Crippen molar-refractivity contribution < 1.29 is 9.84 Å². The average Bonchev–Trinajstić information content (AvgIpc) is 3.35. The van der Waals surface area contributed by atoms with Gasteiger partial charge < -0.3 is 30.8 Å². The quantitative estimate of drug-likeness (QED) is 0.368. The molecule has 1 aromatic carbocycles. The highest BCUT2D eigenvalue weighted by molar-refractivity contribution is 6.08. The average molecular weight is 507 g/mol. The van der Waals surface area contributed by atoms with E-state index in [1.54, 1.807) is 13.2 Å². The third-order valence-electron chi connectivity index (χ3n) is 7.60. The fraction of sp³-hybridized carbons (Fsp3) is 0.552. The molecule has 1 saturated carbocycles. The lowest BCUT2D eigenvalue weighted by Crippen LogP contribution is -2.62. The maximum Gasteiger partial charge on any atom is 0.151 e. The van der Waals surface area contributed by atoms with Crippen LogP contribution >= 0.6 is 0 Å². The van der Waals surface area contributed by atoms with Crippen molar-refractivity contribution in [3.63, 3.8) is 0 Å². The van der Waals surface area contributed by atoms with Crippen molar-refractivity contribution in [1.82, 2.24) is 20.8 Å². The third-order valence-corrected chi connectivity index (χ3v) is 7.60. The second-order valence-electron chi connectivity index (χ2n) is 11.8. The van der Waals surface area contributed by atoms with Crippen LogP contribution in [0.25, 0.3) is 16.8 Å². The number of aromatic nitrogens is 2. The maximum absolute atomic E-state index is 11.0. The van der Waals surface area contributed by atoms with Crippen LogP contribution in [-0.4, -0.2) is 58.8 Å². The van der Waals surface area contributed by atoms with E-state index >= 15 is 0 Å². The van der Waals surface area contributed by atoms with Crippen LogP contribution in [0.2, 0.25) is 0 Å². The molecule has 0 radical (unpaired) electrons. The molecule has 0 atom stereocenters. The zero-order chi connectivity index (χ0) is 26.8. The summed E-state index contributed by atoms with van der Waals surface area (Å²) in [4.78, 5) is 2.21. The summed E-state index contributed by atoms with van der Waals surface area (Å²) >= 11 is 0. The van der Waals surface area contributed by atoms with Gasteiger partial charge in [-0.05, 0) is 83.2 Å². The minimum absolute atomic E-state index is 0.0331. The molecule has 0 unspecified atom stereocenters. The standard InChI is InChI=1S/C29H42N6O2/c1-28(2)15-22(16-29(3,4)34-28)35(5)26-12-11-23(32-33-26)27-24(36)13-19(14-25(27)37-6)20(17-30)18-31-21-9-7-8-10-21/h11-14,17-18,21-22,30-31,34,36H,7-10,15-16H2,1-6H3/b20-18+,30-17?. The van der Waals surface area contributed by atoms with Crippen LogP contribution < -0.4 is 20.3 Å². The molecule has 1 aromatic heterocycles. The second kappa shape index (κ2) is 10.7. The topological polar surface area (TPSA) is 106 Å². The van der Waals surface area contributed by atoms with Crippen molar-refractivity contribution in [3.8, 4) is 22.8 Å². The fourth-order valence-corrected chi connectivity index (χ4v) is 6.07. The van der Waals surface area contributed by atoms with Gasteiger partial charge >= 0.3 is 0 Å². The molecule has 8 nitrogen and oxygen atoms in total. The van der Waals surface area contributed by atoms with Gasteiger partial charge in [0.25, 0.3) is 0 Å². The van der Waals surface area contributed by atoms with Crippen LogP contribution in [0.4, 0.5) is 5.82 Å². The normalized spacial score (nSPS) is 20.0. The molecule has 4 N–H and O–H groups in total. The van der Waals surface area contributed by atoms with E-state index < -0.39 is 0 Å². The first-order valence-corrected chi connectivity index (χ1v) is 13.3. The first-order valence-electron chi connectivity index (χ1n) is 13.3. The number of anilines is 1. The number of piperidine rings is 1. The van der Waals surface area contributed by atoms with Crippen LogP contribution in [0, 0.1) is 5.41 Å². The van der Waals surface area contributed by atoms with Crippen LogP contribution in [0.3, 0.4) is 0 Å². The van der Waals surface area contributed by atoms with Gasteiger partial charge in [-0.1, -0.05) is 12.8 Å². The van der Waals surface area contributed by atoms with Gasteiger partial charge in [-0.25, -0.2) is 0 Å². The van der Waals surface area contributed by atoms with Crippen LogP contribution in [0.15, 0.2) is 30.5 Å². The molecule has 0 bridgehead atoms. The molecule has 2 heterocycles. The molecule has 8 heteroatoms. The first kappa shape index (κ1) is 26.9. The van der Waals surface area contributed by atoms with E-state index in [0.29, 0.717) is 40.2 Å². The zero-order valence-electron chi connectivity index (χ0n) is 23.1. The monoisotopic (exact) mass is 506 g/mol. The van der Waals surface area contributed by atoms with Gasteiger partial charge in [0, 0.05) is 48.2 Å². The van der Waals surface area contributed by atoms with Gasteiger partial charge in [0.2, 0.25) is 0 Å². The van der Waals surface area contributed by atoms with Crippen molar-refractivity contribution in [3.05, 3.63) is 36.0 Å². The maximum atomic E-state index is 11.0. The van der Waals surface area contributed by atoms with Gasteiger partial charge in [0.05, 0.1) is 12.7 Å². The Balaban J connectivity index is 1.57. The Hall–Kier alpha value is -3.13. The van der Waals surface area contributed by atoms with E-state index in [0.717, 1.165) is 31.5 Å². The number of phenols is 1. The summed E-state index contributed by atoms with van der Waals surface area (Å²) < 4.78 is 5.64. The number of methoxy groups -OCH3 is 1. The van der Waals surface area contributed by atoms with Crippen molar-refractivity contribution in [2.75, 3.05) is 19.1 Å². The van der Waals surface area contributed by atoms with Crippen LogP contribution in [0.1, 0.15) is 71.8 Å². The Bertz CT molecular complexity index is 1120. The number of benzene rings is 1. The van der Waals surface area contributed by atoms with Crippen molar-refractivity contribution in [1.29, 1.82) is 5.41 Å². The highest BCUT2D eigenvalue weighted by Crippen LogP contribution is 2.40. The lowest BCUT2D eigenvalue weighted by atomic mass is 9.79. The summed E-state index contributed by atoms with van der Waals surface area (Å²) in [5.74, 6) is 1.32. The lowest BCUT2D eigenvalue weighted by Gasteiger charge is -2.49. The predicted molar refractivity (Wildman–Crippen MR) is 151 cm³/mol. The number of nitrogens with one attached hydrogen (secondary N) is 3. The molecule has 0 spiro atoms. The van der Waals surface area contributed by atoms with Crippen LogP contribution in [-0.2, 0) is 0 Å². The summed E-state index contributed by atoms with van der Waals surface area (Å²) in [6.45, 7) is 8.97. The van der Waals surface area contributed by atoms with Crippen molar-refractivity contribution >= 4 is 17.6 Å². The molecule has 1 saturated heterocycles. The molecule has 1 aliphatic carbocycles. The fourth-order valence-electron chi connectivity index (χ4n) is 6.07. The molecule has 2 aliphatic rings. The highest BCUT2D eigenvalue weighted by atomic mass is 16.5. The second-order valence-corrected chi connectivity index (χ2v) is 11.8. The Morgan fingerprint density at radius 1 is 1.14 bits per heavy atom. The number of rotatable bonds is 8. The van der Waals surface area contributed by atoms with Crippen molar-refractivity contribution in [2.24, 2.45) is 0 Å². The van der Waals surface area contributed by atoms with E-state index in [1.807, 2.05) is 24.4 Å². The number of allylic oxidation sites excluding steroid dienone is 1. The molecule has 2 aromatic rings.